The zero-order valence-electron chi connectivity index (χ0n) is 11.9. The molecule has 1 aliphatic heterocycles. The third-order valence-corrected chi connectivity index (χ3v) is 3.31. The molecule has 1 saturated heterocycles. The number of likely N-dealkylation sites (tertiary alicyclic amines) is 1. The molecule has 0 aliphatic carbocycles. The Hall–Kier alpha value is -1.43. The van der Waals surface area contributed by atoms with Crippen LogP contribution in [-0.2, 0) is 14.4 Å². The van der Waals surface area contributed by atoms with Gasteiger partial charge in [0.05, 0.1) is 19.0 Å². The van der Waals surface area contributed by atoms with E-state index in [1.807, 2.05) is 20.8 Å². The largest absolute Gasteiger partial charge is 0.342 e. The van der Waals surface area contributed by atoms with Crippen molar-refractivity contribution in [2.24, 2.45) is 0 Å². The van der Waals surface area contributed by atoms with Crippen LogP contribution >= 0.6 is 0 Å². The number of rotatable bonds is 7. The third-order valence-electron chi connectivity index (χ3n) is 3.31. The van der Waals surface area contributed by atoms with Crippen LogP contribution in [-0.4, -0.2) is 59.7 Å². The van der Waals surface area contributed by atoms with E-state index in [1.165, 1.54) is 4.90 Å². The van der Waals surface area contributed by atoms with Crippen LogP contribution in [0.1, 0.15) is 33.6 Å². The van der Waals surface area contributed by atoms with Gasteiger partial charge >= 0.3 is 0 Å². The third kappa shape index (κ3) is 3.76. The van der Waals surface area contributed by atoms with Gasteiger partial charge in [0.15, 0.2) is 0 Å². The Bertz CT molecular complexity index is 353. The zero-order valence-corrected chi connectivity index (χ0v) is 11.9. The molecule has 1 atom stereocenters. The molecular formula is C13H23N3O3. The number of likely N-dealkylation sites (N-methyl/N-ethyl adjacent to an activating group) is 1. The van der Waals surface area contributed by atoms with Gasteiger partial charge < -0.3 is 4.90 Å². The van der Waals surface area contributed by atoms with Crippen LogP contribution in [0, 0.1) is 0 Å². The minimum atomic E-state index is -0.543. The van der Waals surface area contributed by atoms with E-state index in [1.54, 1.807) is 4.90 Å². The van der Waals surface area contributed by atoms with E-state index in [2.05, 4.69) is 5.32 Å². The molecule has 6 nitrogen and oxygen atoms in total. The van der Waals surface area contributed by atoms with Crippen molar-refractivity contribution in [2.75, 3.05) is 26.2 Å². The zero-order chi connectivity index (χ0) is 14.4. The van der Waals surface area contributed by atoms with Crippen LogP contribution in [0.15, 0.2) is 0 Å². The Kier molecular flexibility index (Phi) is 5.95. The number of carbonyl (C=O) groups is 3. The summed E-state index contributed by atoms with van der Waals surface area (Å²) in [5.41, 5.74) is 0. The number of nitrogens with one attached hydrogen (secondary N) is 1. The van der Waals surface area contributed by atoms with Crippen LogP contribution in [0.4, 0.5) is 0 Å². The van der Waals surface area contributed by atoms with Crippen LogP contribution in [0.2, 0.25) is 0 Å². The van der Waals surface area contributed by atoms with Crippen LogP contribution in [0.3, 0.4) is 0 Å². The number of hydrogen-bond acceptors (Lipinski definition) is 4. The number of hydrogen-bond donors (Lipinski definition) is 1. The number of imide groups is 1. The average Bonchev–Trinajstić information content (AvgIpc) is 2.66. The van der Waals surface area contributed by atoms with Gasteiger partial charge in [-0.05, 0) is 20.3 Å². The monoisotopic (exact) mass is 269 g/mol. The predicted octanol–water partition coefficient (Wildman–Crippen LogP) is -0.0181. The summed E-state index contributed by atoms with van der Waals surface area (Å²) in [7, 11) is 0. The van der Waals surface area contributed by atoms with Crippen LogP contribution < -0.4 is 5.32 Å². The molecule has 0 aromatic carbocycles. The highest BCUT2D eigenvalue weighted by molar-refractivity contribution is 6.05. The van der Waals surface area contributed by atoms with Gasteiger partial charge in [0.2, 0.25) is 17.7 Å². The van der Waals surface area contributed by atoms with Crippen LogP contribution in [0.5, 0.6) is 0 Å². The molecule has 1 aliphatic rings. The molecule has 1 unspecified atom stereocenters. The van der Waals surface area contributed by atoms with Crippen LogP contribution in [0.25, 0.3) is 0 Å². The standard InChI is InChI=1S/C13H23N3O3/c1-4-7-16-11(17)8-10(13(16)19)14-9-12(18)15(5-2)6-3/h10,14H,4-9H2,1-3H3. The maximum absolute atomic E-state index is 11.9. The Morgan fingerprint density at radius 2 is 1.95 bits per heavy atom. The summed E-state index contributed by atoms with van der Waals surface area (Å²) >= 11 is 0. The molecule has 0 spiro atoms. The summed E-state index contributed by atoms with van der Waals surface area (Å²) in [6.07, 6.45) is 0.910. The van der Waals surface area contributed by atoms with E-state index in [4.69, 9.17) is 0 Å². The highest BCUT2D eigenvalue weighted by atomic mass is 16.2. The van der Waals surface area contributed by atoms with E-state index in [0.717, 1.165) is 6.42 Å². The molecule has 0 saturated carbocycles. The van der Waals surface area contributed by atoms with Crippen molar-refractivity contribution < 1.29 is 14.4 Å². The molecule has 1 rings (SSSR count). The second-order valence-electron chi connectivity index (χ2n) is 4.59. The molecule has 19 heavy (non-hydrogen) atoms. The van der Waals surface area contributed by atoms with Crippen molar-refractivity contribution >= 4 is 17.7 Å². The summed E-state index contributed by atoms with van der Waals surface area (Å²) in [4.78, 5) is 38.4. The molecule has 1 N–H and O–H groups in total. The summed E-state index contributed by atoms with van der Waals surface area (Å²) in [5.74, 6) is -0.405. The lowest BCUT2D eigenvalue weighted by molar-refractivity contribution is -0.138. The molecule has 6 heteroatoms. The van der Waals surface area contributed by atoms with Crippen molar-refractivity contribution in [3.63, 3.8) is 0 Å². The first-order valence-corrected chi connectivity index (χ1v) is 6.90. The smallest absolute Gasteiger partial charge is 0.246 e. The van der Waals surface area contributed by atoms with Gasteiger partial charge in [-0.15, -0.1) is 0 Å². The molecule has 3 amide bonds. The molecule has 1 fully saturated rings. The first-order valence-electron chi connectivity index (χ1n) is 6.90. The van der Waals surface area contributed by atoms with Crippen molar-refractivity contribution in [3.05, 3.63) is 0 Å². The number of nitrogens with zero attached hydrogens (tertiary/aromatic N) is 2. The molecule has 0 aromatic heterocycles. The van der Waals surface area contributed by atoms with E-state index in [-0.39, 0.29) is 30.7 Å². The summed E-state index contributed by atoms with van der Waals surface area (Å²) in [6, 6.07) is -0.543. The second kappa shape index (κ2) is 7.23. The van der Waals surface area contributed by atoms with E-state index in [0.29, 0.717) is 19.6 Å². The predicted molar refractivity (Wildman–Crippen MR) is 71.3 cm³/mol. The molecule has 0 bridgehead atoms. The van der Waals surface area contributed by atoms with Gasteiger partial charge in [-0.3, -0.25) is 24.6 Å². The highest BCUT2D eigenvalue weighted by Gasteiger charge is 2.37. The fourth-order valence-electron chi connectivity index (χ4n) is 2.20. The van der Waals surface area contributed by atoms with Crippen molar-refractivity contribution in [1.29, 1.82) is 0 Å². The number of carbonyl (C=O) groups excluding carboxylic acids is 3. The molecule has 0 radical (unpaired) electrons. The second-order valence-corrected chi connectivity index (χ2v) is 4.59. The molecule has 108 valence electrons. The minimum Gasteiger partial charge on any atom is -0.342 e. The van der Waals surface area contributed by atoms with E-state index < -0.39 is 6.04 Å². The van der Waals surface area contributed by atoms with E-state index in [9.17, 15) is 14.4 Å². The normalized spacial score (nSPS) is 19.1. The minimum absolute atomic E-state index is 0.0424. The number of amides is 3. The summed E-state index contributed by atoms with van der Waals surface area (Å²) in [6.45, 7) is 7.60. The molecular weight excluding hydrogens is 246 g/mol. The van der Waals surface area contributed by atoms with Gasteiger partial charge in [0.25, 0.3) is 0 Å². The average molecular weight is 269 g/mol. The maximum atomic E-state index is 11.9. The van der Waals surface area contributed by atoms with Gasteiger partial charge in [-0.25, -0.2) is 0 Å². The van der Waals surface area contributed by atoms with Gasteiger partial charge in [-0.2, -0.15) is 0 Å². The highest BCUT2D eigenvalue weighted by Crippen LogP contribution is 2.13. The lowest BCUT2D eigenvalue weighted by Crippen LogP contribution is -2.44. The molecule has 0 aromatic rings. The SMILES string of the molecule is CCCN1C(=O)CC(NCC(=O)N(CC)CC)C1=O. The van der Waals surface area contributed by atoms with Gasteiger partial charge in [0, 0.05) is 19.6 Å². The Labute approximate surface area is 114 Å². The Morgan fingerprint density at radius 1 is 1.32 bits per heavy atom. The Morgan fingerprint density at radius 3 is 2.47 bits per heavy atom. The van der Waals surface area contributed by atoms with Crippen molar-refractivity contribution in [2.45, 2.75) is 39.7 Å². The van der Waals surface area contributed by atoms with E-state index >= 15 is 0 Å². The van der Waals surface area contributed by atoms with Gasteiger partial charge in [0.1, 0.15) is 0 Å². The molecule has 1 heterocycles. The lowest BCUT2D eigenvalue weighted by atomic mass is 10.2. The summed E-state index contributed by atoms with van der Waals surface area (Å²) in [5, 5.41) is 2.90. The fourth-order valence-corrected chi connectivity index (χ4v) is 2.20. The Balaban J connectivity index is 2.49. The summed E-state index contributed by atoms with van der Waals surface area (Å²) < 4.78 is 0. The van der Waals surface area contributed by atoms with Crippen molar-refractivity contribution in [3.8, 4) is 0 Å². The first-order chi connectivity index (χ1) is 9.04. The van der Waals surface area contributed by atoms with Gasteiger partial charge in [-0.1, -0.05) is 6.92 Å². The first kappa shape index (κ1) is 15.6. The fraction of sp³-hybridized carbons (Fsp3) is 0.769. The lowest BCUT2D eigenvalue weighted by Gasteiger charge is -2.20. The van der Waals surface area contributed by atoms with Crippen molar-refractivity contribution in [1.82, 2.24) is 15.1 Å². The topological polar surface area (TPSA) is 69.7 Å². The quantitative estimate of drug-likeness (QED) is 0.660. The maximum Gasteiger partial charge on any atom is 0.246 e.